The van der Waals surface area contributed by atoms with E-state index in [0.717, 1.165) is 48.9 Å². The molecule has 0 saturated carbocycles. The Bertz CT molecular complexity index is 887. The third kappa shape index (κ3) is 4.40. The molecule has 1 atom stereocenters. The first kappa shape index (κ1) is 18.3. The van der Waals surface area contributed by atoms with Crippen LogP contribution in [-0.4, -0.2) is 34.8 Å². The Morgan fingerprint density at radius 3 is 2.68 bits per heavy atom. The number of pyridine rings is 2. The predicted octanol–water partition coefficient (Wildman–Crippen LogP) is 4.22. The molecule has 28 heavy (non-hydrogen) atoms. The third-order valence-electron chi connectivity index (χ3n) is 4.88. The van der Waals surface area contributed by atoms with E-state index in [1.807, 2.05) is 54.6 Å². The van der Waals surface area contributed by atoms with Crippen LogP contribution in [-0.2, 0) is 0 Å². The van der Waals surface area contributed by atoms with Gasteiger partial charge in [0.15, 0.2) is 0 Å². The van der Waals surface area contributed by atoms with Crippen molar-refractivity contribution in [3.8, 4) is 11.6 Å². The van der Waals surface area contributed by atoms with E-state index in [4.69, 9.17) is 4.74 Å². The Balaban J connectivity index is 1.47. The number of aliphatic hydroxyl groups excluding tert-OH is 1. The molecular formula is C22H24N4O2. The summed E-state index contributed by atoms with van der Waals surface area (Å²) in [6, 6.07) is 17.4. The molecule has 3 heterocycles. The van der Waals surface area contributed by atoms with Crippen LogP contribution in [0.4, 0.5) is 17.2 Å². The van der Waals surface area contributed by atoms with Gasteiger partial charge in [0.1, 0.15) is 17.3 Å². The Hall–Kier alpha value is -3.12. The summed E-state index contributed by atoms with van der Waals surface area (Å²) in [7, 11) is 0. The van der Waals surface area contributed by atoms with Crippen molar-refractivity contribution < 1.29 is 9.84 Å². The van der Waals surface area contributed by atoms with E-state index in [-0.39, 0.29) is 6.61 Å². The fraction of sp³-hybridized carbons (Fsp3) is 0.273. The summed E-state index contributed by atoms with van der Waals surface area (Å²) in [6.45, 7) is 1.99. The molecule has 1 unspecified atom stereocenters. The maximum absolute atomic E-state index is 9.51. The van der Waals surface area contributed by atoms with Crippen LogP contribution in [0, 0.1) is 5.92 Å². The van der Waals surface area contributed by atoms with Crippen molar-refractivity contribution in [3.05, 3.63) is 67.0 Å². The molecule has 1 aliphatic heterocycles. The van der Waals surface area contributed by atoms with Gasteiger partial charge in [-0.05, 0) is 67.3 Å². The van der Waals surface area contributed by atoms with Crippen LogP contribution >= 0.6 is 0 Å². The topological polar surface area (TPSA) is 70.5 Å². The van der Waals surface area contributed by atoms with Gasteiger partial charge in [0, 0.05) is 37.8 Å². The maximum atomic E-state index is 9.51. The predicted molar refractivity (Wildman–Crippen MR) is 110 cm³/mol. The number of ether oxygens (including phenoxy) is 1. The summed E-state index contributed by atoms with van der Waals surface area (Å²) in [4.78, 5) is 11.0. The Kier molecular flexibility index (Phi) is 5.68. The molecule has 1 saturated heterocycles. The molecule has 2 aromatic heterocycles. The molecule has 144 valence electrons. The minimum Gasteiger partial charge on any atom is -0.437 e. The summed E-state index contributed by atoms with van der Waals surface area (Å²) in [5.74, 6) is 2.42. The van der Waals surface area contributed by atoms with Crippen molar-refractivity contribution in [2.45, 2.75) is 12.8 Å². The highest BCUT2D eigenvalue weighted by Gasteiger charge is 2.22. The second kappa shape index (κ2) is 8.71. The second-order valence-corrected chi connectivity index (χ2v) is 6.93. The van der Waals surface area contributed by atoms with Gasteiger partial charge in [-0.3, -0.25) is 0 Å². The number of aliphatic hydroxyl groups is 1. The van der Waals surface area contributed by atoms with Gasteiger partial charge in [-0.1, -0.05) is 6.07 Å². The average Bonchev–Trinajstić information content (AvgIpc) is 2.76. The minimum atomic E-state index is 0.220. The molecule has 1 aliphatic rings. The molecule has 4 rings (SSSR count). The van der Waals surface area contributed by atoms with Crippen LogP contribution in [0.25, 0.3) is 0 Å². The van der Waals surface area contributed by atoms with Gasteiger partial charge in [-0.25, -0.2) is 9.97 Å². The summed E-state index contributed by atoms with van der Waals surface area (Å²) in [6.07, 6.45) is 5.62. The SMILES string of the molecule is OCC1CCCN(c2cccnc2Oc2ccc(Nc3ccccn3)cc2)C1. The molecule has 0 bridgehead atoms. The zero-order valence-corrected chi connectivity index (χ0v) is 15.7. The van der Waals surface area contributed by atoms with E-state index in [9.17, 15) is 5.11 Å². The van der Waals surface area contributed by atoms with Crippen molar-refractivity contribution in [1.29, 1.82) is 0 Å². The summed E-state index contributed by atoms with van der Waals surface area (Å²) in [5.41, 5.74) is 1.91. The van der Waals surface area contributed by atoms with Crippen molar-refractivity contribution in [2.75, 3.05) is 29.9 Å². The molecule has 3 aromatic rings. The Morgan fingerprint density at radius 1 is 1.04 bits per heavy atom. The van der Waals surface area contributed by atoms with Crippen LogP contribution < -0.4 is 15.0 Å². The quantitative estimate of drug-likeness (QED) is 0.671. The maximum Gasteiger partial charge on any atom is 0.243 e. The number of rotatable bonds is 6. The van der Waals surface area contributed by atoms with Crippen molar-refractivity contribution >= 4 is 17.2 Å². The van der Waals surface area contributed by atoms with Gasteiger partial charge < -0.3 is 20.1 Å². The number of anilines is 3. The average molecular weight is 376 g/mol. The highest BCUT2D eigenvalue weighted by atomic mass is 16.5. The van der Waals surface area contributed by atoms with E-state index in [2.05, 4.69) is 20.2 Å². The first-order valence-electron chi connectivity index (χ1n) is 9.58. The van der Waals surface area contributed by atoms with Crippen LogP contribution in [0.3, 0.4) is 0 Å². The van der Waals surface area contributed by atoms with Gasteiger partial charge in [0.25, 0.3) is 0 Å². The molecule has 0 spiro atoms. The third-order valence-corrected chi connectivity index (χ3v) is 4.88. The highest BCUT2D eigenvalue weighted by molar-refractivity contribution is 5.59. The summed E-state index contributed by atoms with van der Waals surface area (Å²) < 4.78 is 6.08. The largest absolute Gasteiger partial charge is 0.437 e. The molecule has 2 N–H and O–H groups in total. The zero-order valence-electron chi connectivity index (χ0n) is 15.7. The zero-order chi connectivity index (χ0) is 19.2. The molecule has 1 aromatic carbocycles. The van der Waals surface area contributed by atoms with Crippen molar-refractivity contribution in [2.24, 2.45) is 5.92 Å². The van der Waals surface area contributed by atoms with Crippen LogP contribution in [0.15, 0.2) is 67.0 Å². The molecule has 1 fully saturated rings. The van der Waals surface area contributed by atoms with Crippen LogP contribution in [0.2, 0.25) is 0 Å². The lowest BCUT2D eigenvalue weighted by Gasteiger charge is -2.34. The van der Waals surface area contributed by atoms with Crippen molar-refractivity contribution in [3.63, 3.8) is 0 Å². The number of hydrogen-bond acceptors (Lipinski definition) is 6. The van der Waals surface area contributed by atoms with E-state index in [1.54, 1.807) is 12.4 Å². The first-order chi connectivity index (χ1) is 13.8. The molecule has 0 aliphatic carbocycles. The summed E-state index contributed by atoms with van der Waals surface area (Å²) in [5, 5.41) is 12.8. The molecule has 0 radical (unpaired) electrons. The standard InChI is InChI=1S/C22H24N4O2/c27-16-17-5-4-14-26(15-17)20-6-3-13-24-22(20)28-19-10-8-18(9-11-19)25-21-7-1-2-12-23-21/h1-3,6-13,17,27H,4-5,14-16H2,(H,23,25). The Labute approximate surface area is 164 Å². The highest BCUT2D eigenvalue weighted by Crippen LogP contribution is 2.33. The van der Waals surface area contributed by atoms with Gasteiger partial charge in [-0.15, -0.1) is 0 Å². The molecule has 6 nitrogen and oxygen atoms in total. The number of benzene rings is 1. The number of aromatic nitrogens is 2. The number of piperidine rings is 1. The lowest BCUT2D eigenvalue weighted by Crippen LogP contribution is -2.37. The lowest BCUT2D eigenvalue weighted by atomic mass is 9.99. The van der Waals surface area contributed by atoms with Gasteiger partial charge >= 0.3 is 0 Å². The van der Waals surface area contributed by atoms with E-state index < -0.39 is 0 Å². The number of hydrogen-bond donors (Lipinski definition) is 2. The van der Waals surface area contributed by atoms with Gasteiger partial charge in [0.2, 0.25) is 5.88 Å². The van der Waals surface area contributed by atoms with E-state index in [1.165, 1.54) is 0 Å². The van der Waals surface area contributed by atoms with Crippen LogP contribution in [0.1, 0.15) is 12.8 Å². The van der Waals surface area contributed by atoms with E-state index in [0.29, 0.717) is 11.8 Å². The van der Waals surface area contributed by atoms with Crippen LogP contribution in [0.5, 0.6) is 11.6 Å². The van der Waals surface area contributed by atoms with Gasteiger partial charge in [-0.2, -0.15) is 0 Å². The smallest absolute Gasteiger partial charge is 0.243 e. The molecular weight excluding hydrogens is 352 g/mol. The number of nitrogens with zero attached hydrogens (tertiary/aromatic N) is 3. The fourth-order valence-electron chi connectivity index (χ4n) is 3.44. The Morgan fingerprint density at radius 2 is 1.89 bits per heavy atom. The first-order valence-corrected chi connectivity index (χ1v) is 9.58. The molecule has 0 amide bonds. The monoisotopic (exact) mass is 376 g/mol. The molecule has 6 heteroatoms. The van der Waals surface area contributed by atoms with Crippen molar-refractivity contribution in [1.82, 2.24) is 9.97 Å². The normalized spacial score (nSPS) is 16.6. The van der Waals surface area contributed by atoms with E-state index >= 15 is 0 Å². The lowest BCUT2D eigenvalue weighted by molar-refractivity contribution is 0.208. The second-order valence-electron chi connectivity index (χ2n) is 6.93. The number of nitrogens with one attached hydrogen (secondary N) is 1. The van der Waals surface area contributed by atoms with Gasteiger partial charge in [0.05, 0.1) is 0 Å². The fourth-order valence-corrected chi connectivity index (χ4v) is 3.44. The summed E-state index contributed by atoms with van der Waals surface area (Å²) >= 11 is 0. The minimum absolute atomic E-state index is 0.220.